The number of aromatic nitrogens is 1. The first-order valence-electron chi connectivity index (χ1n) is 5.30. The fraction of sp³-hybridized carbons (Fsp3) is 0.500. The van der Waals surface area contributed by atoms with E-state index >= 15 is 0 Å². The third-order valence-corrected chi connectivity index (χ3v) is 3.75. The van der Waals surface area contributed by atoms with Crippen molar-refractivity contribution in [1.29, 1.82) is 0 Å². The molecule has 0 saturated heterocycles. The highest BCUT2D eigenvalue weighted by Gasteiger charge is 2.19. The van der Waals surface area contributed by atoms with Crippen molar-refractivity contribution in [2.45, 2.75) is 17.4 Å². The molecule has 7 nitrogen and oxygen atoms in total. The average molecular weight is 276 g/mol. The summed E-state index contributed by atoms with van der Waals surface area (Å²) in [6.45, 7) is 0.00527. The average Bonchev–Trinajstić information content (AvgIpc) is 2.29. The predicted octanol–water partition coefficient (Wildman–Crippen LogP) is -0.949. The lowest BCUT2D eigenvalue weighted by molar-refractivity contribution is 0.158. The van der Waals surface area contributed by atoms with Crippen LogP contribution in [0, 0.1) is 0 Å². The number of nitrogens with one attached hydrogen (secondary N) is 2. The molecule has 0 radical (unpaired) electrons. The molecule has 0 amide bonds. The largest absolute Gasteiger partial charge is 0.396 e. The Morgan fingerprint density at radius 3 is 2.72 bits per heavy atom. The first-order valence-corrected chi connectivity index (χ1v) is 6.79. The van der Waals surface area contributed by atoms with E-state index in [1.807, 2.05) is 0 Å². The van der Waals surface area contributed by atoms with Crippen molar-refractivity contribution in [1.82, 2.24) is 9.71 Å². The number of aliphatic hydroxyl groups excluding tert-OH is 1. The first-order chi connectivity index (χ1) is 8.49. The zero-order valence-corrected chi connectivity index (χ0v) is 10.7. The Labute approximate surface area is 105 Å². The molecule has 0 aliphatic carbocycles. The minimum absolute atomic E-state index is 0.0406. The van der Waals surface area contributed by atoms with Crippen LogP contribution in [0.25, 0.3) is 0 Å². The van der Waals surface area contributed by atoms with Gasteiger partial charge >= 0.3 is 0 Å². The van der Waals surface area contributed by atoms with Crippen molar-refractivity contribution in [3.05, 3.63) is 28.7 Å². The molecule has 3 N–H and O–H groups in total. The van der Waals surface area contributed by atoms with Crippen LogP contribution in [0.5, 0.6) is 0 Å². The summed E-state index contributed by atoms with van der Waals surface area (Å²) >= 11 is 0. The maximum absolute atomic E-state index is 11.9. The van der Waals surface area contributed by atoms with Gasteiger partial charge in [0.15, 0.2) is 0 Å². The quantitative estimate of drug-likeness (QED) is 0.595. The number of ether oxygens (including phenoxy) is 1. The second kappa shape index (κ2) is 6.64. The highest BCUT2D eigenvalue weighted by Crippen LogP contribution is 2.06. The van der Waals surface area contributed by atoms with Crippen LogP contribution in [0.3, 0.4) is 0 Å². The number of aliphatic hydroxyl groups is 1. The van der Waals surface area contributed by atoms with Crippen LogP contribution in [0.15, 0.2) is 28.0 Å². The Bertz CT molecular complexity index is 499. The van der Waals surface area contributed by atoms with Gasteiger partial charge in [0.05, 0.1) is 11.5 Å². The van der Waals surface area contributed by atoms with Gasteiger partial charge in [0.1, 0.15) is 0 Å². The maximum Gasteiger partial charge on any atom is 0.247 e. The van der Waals surface area contributed by atoms with E-state index in [2.05, 4.69) is 9.71 Å². The SMILES string of the molecule is COCC(CCO)NS(=O)(=O)c1ccc(=O)[nH]c1. The van der Waals surface area contributed by atoms with Gasteiger partial charge in [-0.05, 0) is 12.5 Å². The van der Waals surface area contributed by atoms with Gasteiger partial charge in [0.2, 0.25) is 15.6 Å². The molecule has 8 heteroatoms. The smallest absolute Gasteiger partial charge is 0.247 e. The number of aromatic amines is 1. The molecule has 0 aliphatic rings. The summed E-state index contributed by atoms with van der Waals surface area (Å²) in [5, 5.41) is 8.83. The van der Waals surface area contributed by atoms with Crippen LogP contribution in [0.1, 0.15) is 6.42 Å². The van der Waals surface area contributed by atoms with E-state index in [-0.39, 0.29) is 30.1 Å². The Kier molecular flexibility index (Phi) is 5.48. The van der Waals surface area contributed by atoms with E-state index in [1.165, 1.54) is 13.2 Å². The number of rotatable bonds is 7. The fourth-order valence-corrected chi connectivity index (χ4v) is 2.61. The van der Waals surface area contributed by atoms with Crippen molar-refractivity contribution in [2.24, 2.45) is 0 Å². The van der Waals surface area contributed by atoms with Gasteiger partial charge in [-0.25, -0.2) is 13.1 Å². The predicted molar refractivity (Wildman–Crippen MR) is 64.8 cm³/mol. The Balaban J connectivity index is 2.85. The summed E-state index contributed by atoms with van der Waals surface area (Å²) in [5.41, 5.74) is -0.377. The van der Waals surface area contributed by atoms with Crippen LogP contribution >= 0.6 is 0 Å². The van der Waals surface area contributed by atoms with Gasteiger partial charge in [0, 0.05) is 32.0 Å². The second-order valence-corrected chi connectivity index (χ2v) is 5.39. The van der Waals surface area contributed by atoms with Crippen molar-refractivity contribution < 1.29 is 18.3 Å². The van der Waals surface area contributed by atoms with Gasteiger partial charge in [-0.15, -0.1) is 0 Å². The summed E-state index contributed by atoms with van der Waals surface area (Å²) in [4.78, 5) is 13.1. The van der Waals surface area contributed by atoms with Crippen molar-refractivity contribution in [3.8, 4) is 0 Å². The van der Waals surface area contributed by atoms with Crippen LogP contribution in [0.2, 0.25) is 0 Å². The molecule has 0 aliphatic heterocycles. The molecule has 1 aromatic heterocycles. The first kappa shape index (κ1) is 14.8. The third kappa shape index (κ3) is 4.22. The minimum atomic E-state index is -3.73. The third-order valence-electron chi connectivity index (χ3n) is 2.23. The van der Waals surface area contributed by atoms with Gasteiger partial charge in [-0.1, -0.05) is 0 Å². The summed E-state index contributed by atoms with van der Waals surface area (Å²) in [6.07, 6.45) is 1.36. The fourth-order valence-electron chi connectivity index (χ4n) is 1.38. The summed E-state index contributed by atoms with van der Waals surface area (Å²) in [6, 6.07) is 1.83. The lowest BCUT2D eigenvalue weighted by Crippen LogP contribution is -2.38. The Morgan fingerprint density at radius 2 is 2.22 bits per heavy atom. The van der Waals surface area contributed by atoms with Crippen molar-refractivity contribution in [2.75, 3.05) is 20.3 Å². The van der Waals surface area contributed by atoms with E-state index in [4.69, 9.17) is 9.84 Å². The van der Waals surface area contributed by atoms with E-state index in [9.17, 15) is 13.2 Å². The molecule has 1 heterocycles. The van der Waals surface area contributed by atoms with Gasteiger partial charge in [-0.2, -0.15) is 0 Å². The highest BCUT2D eigenvalue weighted by atomic mass is 32.2. The Morgan fingerprint density at radius 1 is 1.50 bits per heavy atom. The standard InChI is InChI=1S/C10H16N2O5S/c1-17-7-8(4-5-13)12-18(15,16)9-2-3-10(14)11-6-9/h2-3,6,8,12-13H,4-5,7H2,1H3,(H,11,14). The van der Waals surface area contributed by atoms with Gasteiger partial charge < -0.3 is 14.8 Å². The van der Waals surface area contributed by atoms with Crippen LogP contribution in [-0.4, -0.2) is 44.9 Å². The molecular formula is C10H16N2O5S. The number of H-pyrrole nitrogens is 1. The van der Waals surface area contributed by atoms with E-state index in [1.54, 1.807) is 0 Å². The topological polar surface area (TPSA) is 108 Å². The monoisotopic (exact) mass is 276 g/mol. The number of sulfonamides is 1. The zero-order chi connectivity index (χ0) is 13.6. The molecule has 1 rings (SSSR count). The van der Waals surface area contributed by atoms with Crippen LogP contribution in [0.4, 0.5) is 0 Å². The molecular weight excluding hydrogens is 260 g/mol. The highest BCUT2D eigenvalue weighted by molar-refractivity contribution is 7.89. The van der Waals surface area contributed by atoms with E-state index in [0.29, 0.717) is 0 Å². The number of hydrogen-bond donors (Lipinski definition) is 3. The normalized spacial score (nSPS) is 13.4. The zero-order valence-electron chi connectivity index (χ0n) is 9.92. The summed E-state index contributed by atoms with van der Waals surface area (Å²) in [7, 11) is -2.29. The molecule has 1 unspecified atom stereocenters. The number of pyridine rings is 1. The summed E-state index contributed by atoms with van der Waals surface area (Å²) < 4.78 is 31.1. The van der Waals surface area contributed by atoms with Gasteiger partial charge in [-0.3, -0.25) is 4.79 Å². The molecule has 0 spiro atoms. The second-order valence-electron chi connectivity index (χ2n) is 3.67. The van der Waals surface area contributed by atoms with E-state index < -0.39 is 16.1 Å². The molecule has 0 bridgehead atoms. The van der Waals surface area contributed by atoms with Crippen LogP contribution in [-0.2, 0) is 14.8 Å². The molecule has 0 aromatic carbocycles. The molecule has 0 saturated carbocycles. The molecule has 1 atom stereocenters. The summed E-state index contributed by atoms with van der Waals surface area (Å²) in [5.74, 6) is 0. The molecule has 102 valence electrons. The molecule has 18 heavy (non-hydrogen) atoms. The lowest BCUT2D eigenvalue weighted by Gasteiger charge is -2.16. The Hall–Kier alpha value is -1.22. The lowest BCUT2D eigenvalue weighted by atomic mass is 10.2. The maximum atomic E-state index is 11.9. The van der Waals surface area contributed by atoms with Gasteiger partial charge in [0.25, 0.3) is 0 Å². The minimum Gasteiger partial charge on any atom is -0.396 e. The number of methoxy groups -OCH3 is 1. The van der Waals surface area contributed by atoms with Crippen molar-refractivity contribution >= 4 is 10.0 Å². The number of hydrogen-bond acceptors (Lipinski definition) is 5. The van der Waals surface area contributed by atoms with E-state index in [0.717, 1.165) is 12.3 Å². The van der Waals surface area contributed by atoms with Crippen LogP contribution < -0.4 is 10.3 Å². The molecule has 0 fully saturated rings. The molecule has 1 aromatic rings. The van der Waals surface area contributed by atoms with Crippen molar-refractivity contribution in [3.63, 3.8) is 0 Å².